The fraction of sp³-hybridized carbons (Fsp3) is 0.0500. The fourth-order valence-electron chi connectivity index (χ4n) is 3.08. The summed E-state index contributed by atoms with van der Waals surface area (Å²) in [6, 6.07) is 10.0. The Morgan fingerprint density at radius 2 is 1.79 bits per heavy atom. The van der Waals surface area contributed by atoms with Gasteiger partial charge in [0, 0.05) is 11.3 Å². The van der Waals surface area contributed by atoms with Crippen LogP contribution in [0.5, 0.6) is 0 Å². The van der Waals surface area contributed by atoms with Crippen molar-refractivity contribution in [1.29, 1.82) is 0 Å². The summed E-state index contributed by atoms with van der Waals surface area (Å²) in [6.07, 6.45) is -3.90. The van der Waals surface area contributed by atoms with E-state index in [9.17, 15) is 26.4 Å². The van der Waals surface area contributed by atoms with Gasteiger partial charge >= 0.3 is 6.18 Å². The molecule has 0 fully saturated rings. The van der Waals surface area contributed by atoms with Crippen LogP contribution in [0, 0.1) is 0 Å². The normalized spacial score (nSPS) is 12.2. The number of rotatable bonds is 4. The van der Waals surface area contributed by atoms with E-state index >= 15 is 0 Å². The van der Waals surface area contributed by atoms with Crippen LogP contribution in [-0.4, -0.2) is 28.9 Å². The van der Waals surface area contributed by atoms with Crippen molar-refractivity contribution in [3.63, 3.8) is 0 Å². The molecule has 34 heavy (non-hydrogen) atoms. The molecule has 0 saturated heterocycles. The third-order valence-electron chi connectivity index (χ3n) is 4.64. The van der Waals surface area contributed by atoms with Crippen molar-refractivity contribution in [1.82, 2.24) is 14.6 Å². The number of carbonyl (C=O) groups is 1. The molecule has 0 bridgehead atoms. The molecule has 0 aliphatic rings. The van der Waals surface area contributed by atoms with Gasteiger partial charge in [0.15, 0.2) is 11.3 Å². The molecule has 0 atom stereocenters. The highest BCUT2D eigenvalue weighted by molar-refractivity contribution is 7.89. The van der Waals surface area contributed by atoms with E-state index in [0.717, 1.165) is 18.3 Å². The molecule has 0 aliphatic carbocycles. The van der Waals surface area contributed by atoms with Gasteiger partial charge in [-0.3, -0.25) is 4.79 Å². The second kappa shape index (κ2) is 8.55. The van der Waals surface area contributed by atoms with E-state index in [1.165, 1.54) is 36.4 Å². The number of fused-ring (bicyclic) bond motifs is 1. The minimum atomic E-state index is -4.82. The first kappa shape index (κ1) is 24.0. The highest BCUT2D eigenvalue weighted by atomic mass is 35.5. The Balaban J connectivity index is 1.83. The Bertz CT molecular complexity index is 1560. The molecule has 3 N–H and O–H groups in total. The molecule has 0 unspecified atom stereocenters. The van der Waals surface area contributed by atoms with E-state index in [-0.39, 0.29) is 43.1 Å². The molecule has 14 heteroatoms. The fourth-order valence-corrected chi connectivity index (χ4v) is 3.94. The number of hydrogen-bond donors (Lipinski definition) is 2. The van der Waals surface area contributed by atoms with Gasteiger partial charge < -0.3 is 5.32 Å². The lowest BCUT2D eigenvalue weighted by Crippen LogP contribution is -2.16. The summed E-state index contributed by atoms with van der Waals surface area (Å²) >= 11 is 11.9. The zero-order valence-electron chi connectivity index (χ0n) is 16.6. The lowest BCUT2D eigenvalue weighted by atomic mass is 10.1. The molecule has 2 aromatic heterocycles. The molecule has 0 radical (unpaired) electrons. The quantitative estimate of drug-likeness (QED) is 0.399. The second-order valence-corrected chi connectivity index (χ2v) is 9.35. The first-order valence-corrected chi connectivity index (χ1v) is 11.5. The van der Waals surface area contributed by atoms with Crippen LogP contribution in [0.4, 0.5) is 18.9 Å². The van der Waals surface area contributed by atoms with E-state index in [2.05, 4.69) is 15.4 Å². The monoisotopic (exact) mass is 529 g/mol. The Labute approximate surface area is 200 Å². The Morgan fingerprint density at radius 3 is 2.44 bits per heavy atom. The van der Waals surface area contributed by atoms with Gasteiger partial charge in [-0.05, 0) is 36.4 Å². The predicted molar refractivity (Wildman–Crippen MR) is 119 cm³/mol. The number of primary sulfonamides is 1. The number of nitrogens with two attached hydrogens (primary N) is 1. The summed E-state index contributed by atoms with van der Waals surface area (Å²) in [5, 5.41) is 11.5. The van der Waals surface area contributed by atoms with Gasteiger partial charge in [0.05, 0.1) is 26.8 Å². The number of hydrogen-bond acceptors (Lipinski definition) is 5. The molecular formula is C20H12Cl2F3N5O3S. The third-order valence-corrected chi connectivity index (χ3v) is 6.29. The van der Waals surface area contributed by atoms with Crippen LogP contribution in [0.15, 0.2) is 59.6 Å². The number of alkyl halides is 3. The van der Waals surface area contributed by atoms with Crippen LogP contribution in [0.1, 0.15) is 16.1 Å². The van der Waals surface area contributed by atoms with Crippen molar-refractivity contribution in [2.45, 2.75) is 11.1 Å². The molecule has 0 spiro atoms. The zero-order chi connectivity index (χ0) is 24.8. The number of nitrogens with one attached hydrogen (secondary N) is 1. The Hall–Kier alpha value is -3.19. The summed E-state index contributed by atoms with van der Waals surface area (Å²) in [5.41, 5.74) is -1.68. The number of sulfonamides is 1. The van der Waals surface area contributed by atoms with Crippen LogP contribution in [-0.2, 0) is 16.2 Å². The first-order chi connectivity index (χ1) is 15.8. The zero-order valence-corrected chi connectivity index (χ0v) is 19.0. The number of halogens is 5. The van der Waals surface area contributed by atoms with E-state index in [0.29, 0.717) is 4.52 Å². The predicted octanol–water partition coefficient (Wildman–Crippen LogP) is 4.62. The summed E-state index contributed by atoms with van der Waals surface area (Å²) in [4.78, 5) is 16.8. The molecule has 176 valence electrons. The largest absolute Gasteiger partial charge is 0.433 e. The van der Waals surface area contributed by atoms with E-state index in [1.54, 1.807) is 0 Å². The van der Waals surface area contributed by atoms with Gasteiger partial charge in [-0.15, -0.1) is 0 Å². The summed E-state index contributed by atoms with van der Waals surface area (Å²) in [7, 11) is -4.04. The van der Waals surface area contributed by atoms with E-state index < -0.39 is 27.8 Å². The molecule has 8 nitrogen and oxygen atoms in total. The average Bonchev–Trinajstić information content (AvgIpc) is 3.18. The van der Waals surface area contributed by atoms with Crippen LogP contribution < -0.4 is 10.5 Å². The number of benzene rings is 2. The van der Waals surface area contributed by atoms with Crippen molar-refractivity contribution in [2.24, 2.45) is 5.14 Å². The molecule has 2 heterocycles. The van der Waals surface area contributed by atoms with Crippen molar-refractivity contribution >= 4 is 50.5 Å². The highest BCUT2D eigenvalue weighted by Gasteiger charge is 2.36. The van der Waals surface area contributed by atoms with Gasteiger partial charge in [0.2, 0.25) is 10.0 Å². The Morgan fingerprint density at radius 1 is 1.06 bits per heavy atom. The highest BCUT2D eigenvalue weighted by Crippen LogP contribution is 2.34. The molecule has 0 saturated carbocycles. The van der Waals surface area contributed by atoms with Crippen LogP contribution in [0.3, 0.4) is 0 Å². The molecular weight excluding hydrogens is 518 g/mol. The molecule has 4 aromatic rings. The number of carbonyl (C=O) groups excluding carboxylic acids is 1. The summed E-state index contributed by atoms with van der Waals surface area (Å²) in [6.45, 7) is 0. The van der Waals surface area contributed by atoms with Crippen molar-refractivity contribution in [3.05, 3.63) is 76.0 Å². The Kier molecular flexibility index (Phi) is 6.02. The minimum Gasteiger partial charge on any atom is -0.322 e. The number of nitrogens with zero attached hydrogens (tertiary/aromatic N) is 3. The standard InChI is InChI=1S/C20H12Cl2F3N5O3S/c21-14-5-4-10(6-15(14)22)16-8-17(20(23,24)25)30-18(29-16)13(9-27-30)19(31)28-11-2-1-3-12(7-11)34(26,32)33/h1-9H,(H,28,31)(H2,26,32,33). The van der Waals surface area contributed by atoms with Gasteiger partial charge in [-0.2, -0.15) is 18.3 Å². The van der Waals surface area contributed by atoms with Gasteiger partial charge in [0.1, 0.15) is 5.56 Å². The van der Waals surface area contributed by atoms with Gasteiger partial charge in [0.25, 0.3) is 5.91 Å². The SMILES string of the molecule is NS(=O)(=O)c1cccc(NC(=O)c2cnn3c(C(F)(F)F)cc(-c4ccc(Cl)c(Cl)c4)nc23)c1. The lowest BCUT2D eigenvalue weighted by molar-refractivity contribution is -0.142. The molecule has 1 amide bonds. The topological polar surface area (TPSA) is 119 Å². The van der Waals surface area contributed by atoms with E-state index in [4.69, 9.17) is 28.3 Å². The minimum absolute atomic E-state index is 0.0487. The second-order valence-electron chi connectivity index (χ2n) is 6.97. The first-order valence-electron chi connectivity index (χ1n) is 9.20. The number of amides is 1. The van der Waals surface area contributed by atoms with E-state index in [1.807, 2.05) is 0 Å². The maximum Gasteiger partial charge on any atom is 0.433 e. The third kappa shape index (κ3) is 4.71. The maximum atomic E-state index is 13.8. The average molecular weight is 530 g/mol. The number of aromatic nitrogens is 3. The van der Waals surface area contributed by atoms with Crippen LogP contribution in [0.2, 0.25) is 10.0 Å². The maximum absolute atomic E-state index is 13.8. The van der Waals surface area contributed by atoms with Crippen molar-refractivity contribution < 1.29 is 26.4 Å². The van der Waals surface area contributed by atoms with Crippen molar-refractivity contribution in [3.8, 4) is 11.3 Å². The van der Waals surface area contributed by atoms with Crippen molar-refractivity contribution in [2.75, 3.05) is 5.32 Å². The molecule has 4 rings (SSSR count). The molecule has 2 aromatic carbocycles. The van der Waals surface area contributed by atoms with Gasteiger partial charge in [-0.1, -0.05) is 35.3 Å². The number of anilines is 1. The molecule has 0 aliphatic heterocycles. The smallest absolute Gasteiger partial charge is 0.322 e. The summed E-state index contributed by atoms with van der Waals surface area (Å²) in [5.74, 6) is -0.867. The van der Waals surface area contributed by atoms with Crippen LogP contribution in [0.25, 0.3) is 16.9 Å². The lowest BCUT2D eigenvalue weighted by Gasteiger charge is -2.12. The van der Waals surface area contributed by atoms with Crippen LogP contribution >= 0.6 is 23.2 Å². The summed E-state index contributed by atoms with van der Waals surface area (Å²) < 4.78 is 64.9. The van der Waals surface area contributed by atoms with Gasteiger partial charge in [-0.25, -0.2) is 23.1 Å².